The molecular formula is C31H37NO11. The van der Waals surface area contributed by atoms with Gasteiger partial charge in [0.1, 0.15) is 29.5 Å². The number of carbonyl (C=O) groups is 3. The van der Waals surface area contributed by atoms with Gasteiger partial charge in [-0.25, -0.2) is 0 Å². The van der Waals surface area contributed by atoms with Gasteiger partial charge in [0, 0.05) is 42.0 Å². The molecule has 0 bridgehead atoms. The van der Waals surface area contributed by atoms with Gasteiger partial charge in [-0.05, 0) is 26.1 Å². The van der Waals surface area contributed by atoms with Crippen molar-refractivity contribution in [3.05, 3.63) is 51.6 Å². The number of carbonyl (C=O) groups excluding carboxylic acids is 3. The summed E-state index contributed by atoms with van der Waals surface area (Å²) in [6, 6.07) is 4.06. The number of hydrogen-bond acceptors (Lipinski definition) is 12. The van der Waals surface area contributed by atoms with Crippen LogP contribution >= 0.6 is 0 Å². The molecule has 1 aliphatic heterocycles. The molecule has 2 aromatic carbocycles. The molecule has 1 heterocycles. The second kappa shape index (κ2) is 11.6. The minimum Gasteiger partial charge on any atom is -0.507 e. The largest absolute Gasteiger partial charge is 0.507 e. The number of hydrogen-bond donors (Lipinski definition) is 5. The molecule has 1 fully saturated rings. The minimum atomic E-state index is -2.23. The molecule has 6 atom stereocenters. The molecular weight excluding hydrogens is 562 g/mol. The Morgan fingerprint density at radius 1 is 1.09 bits per heavy atom. The number of likely N-dealkylation sites (N-methyl/N-ethyl adjacent to an activating group) is 1. The van der Waals surface area contributed by atoms with Crippen molar-refractivity contribution >= 4 is 17.3 Å². The van der Waals surface area contributed by atoms with Gasteiger partial charge < -0.3 is 39.7 Å². The summed E-state index contributed by atoms with van der Waals surface area (Å²) in [6.45, 7) is 5.90. The highest BCUT2D eigenvalue weighted by Crippen LogP contribution is 2.52. The van der Waals surface area contributed by atoms with E-state index in [2.05, 4.69) is 4.90 Å². The van der Waals surface area contributed by atoms with Crippen LogP contribution in [0.5, 0.6) is 17.2 Å². The summed E-state index contributed by atoms with van der Waals surface area (Å²) in [5.41, 5.74) is -3.48. The first-order valence-electron chi connectivity index (χ1n) is 14.4. The van der Waals surface area contributed by atoms with Crippen molar-refractivity contribution in [1.29, 1.82) is 0 Å². The molecule has 3 aliphatic rings. The molecule has 2 aliphatic carbocycles. The number of aliphatic hydroxyl groups is 3. The lowest BCUT2D eigenvalue weighted by molar-refractivity contribution is -0.258. The van der Waals surface area contributed by atoms with Gasteiger partial charge in [-0.2, -0.15) is 0 Å². The van der Waals surface area contributed by atoms with Crippen LogP contribution in [0.15, 0.2) is 18.2 Å². The van der Waals surface area contributed by atoms with Crippen LogP contribution in [0.2, 0.25) is 0 Å². The lowest BCUT2D eigenvalue weighted by atomic mass is 9.72. The smallest absolute Gasteiger partial charge is 0.202 e. The summed E-state index contributed by atoms with van der Waals surface area (Å²) in [6.07, 6.45) is -4.57. The normalized spacial score (nSPS) is 28.3. The SMILES string of the molecule is CCN(CC)C1CC(OC2CC(O)(C(=O)CO)Cc3c(O)c4c(c(O)c32)C(=O)c2c(OC)cccc2C4=O)OC(C)C1O. The number of benzene rings is 2. The van der Waals surface area contributed by atoms with Crippen LogP contribution in [-0.2, 0) is 20.7 Å². The van der Waals surface area contributed by atoms with Crippen molar-refractivity contribution in [3.8, 4) is 17.2 Å². The third-order valence-electron chi connectivity index (χ3n) is 9.01. The van der Waals surface area contributed by atoms with Gasteiger partial charge in [0.15, 0.2) is 17.9 Å². The molecule has 5 N–H and O–H groups in total. The predicted octanol–water partition coefficient (Wildman–Crippen LogP) is 1.38. The highest BCUT2D eigenvalue weighted by Gasteiger charge is 2.50. The Morgan fingerprint density at radius 2 is 1.77 bits per heavy atom. The van der Waals surface area contributed by atoms with E-state index < -0.39 is 89.6 Å². The van der Waals surface area contributed by atoms with Gasteiger partial charge in [-0.15, -0.1) is 0 Å². The number of fused-ring (bicyclic) bond motifs is 3. The van der Waals surface area contributed by atoms with Crippen LogP contribution in [-0.4, -0.2) is 105 Å². The van der Waals surface area contributed by atoms with Crippen molar-refractivity contribution in [2.75, 3.05) is 26.8 Å². The number of phenols is 2. The number of ketones is 3. The third-order valence-corrected chi connectivity index (χ3v) is 9.01. The maximum atomic E-state index is 13.8. The Kier molecular flexibility index (Phi) is 8.38. The van der Waals surface area contributed by atoms with E-state index in [1.165, 1.54) is 25.3 Å². The van der Waals surface area contributed by atoms with Gasteiger partial charge in [0.2, 0.25) is 5.78 Å². The Morgan fingerprint density at radius 3 is 2.40 bits per heavy atom. The van der Waals surface area contributed by atoms with Crippen LogP contribution in [0.1, 0.15) is 82.7 Å². The summed E-state index contributed by atoms with van der Waals surface area (Å²) in [7, 11) is 1.34. The number of rotatable bonds is 8. The Bertz CT molecular complexity index is 1470. The molecule has 1 saturated heterocycles. The van der Waals surface area contributed by atoms with Crippen LogP contribution in [0.3, 0.4) is 0 Å². The lowest BCUT2D eigenvalue weighted by Crippen LogP contribution is -2.55. The topological polar surface area (TPSA) is 183 Å². The molecule has 43 heavy (non-hydrogen) atoms. The summed E-state index contributed by atoms with van der Waals surface area (Å²) >= 11 is 0. The number of aliphatic hydroxyl groups excluding tert-OH is 2. The molecule has 12 heteroatoms. The van der Waals surface area contributed by atoms with Crippen LogP contribution in [0.25, 0.3) is 0 Å². The zero-order valence-corrected chi connectivity index (χ0v) is 24.5. The number of ether oxygens (including phenoxy) is 3. The van der Waals surface area contributed by atoms with Crippen molar-refractivity contribution in [2.45, 2.75) is 76.3 Å². The average molecular weight is 600 g/mol. The Hall–Kier alpha value is -3.39. The molecule has 6 unspecified atom stereocenters. The highest BCUT2D eigenvalue weighted by molar-refractivity contribution is 6.31. The maximum Gasteiger partial charge on any atom is 0.202 e. The number of Topliss-reactive ketones (excluding diaryl/α,β-unsaturated/α-hetero) is 1. The van der Waals surface area contributed by atoms with Crippen LogP contribution in [0, 0.1) is 0 Å². The fraction of sp³-hybridized carbons (Fsp3) is 0.516. The van der Waals surface area contributed by atoms with Crippen LogP contribution in [0.4, 0.5) is 0 Å². The fourth-order valence-corrected chi connectivity index (χ4v) is 6.75. The monoisotopic (exact) mass is 599 g/mol. The summed E-state index contributed by atoms with van der Waals surface area (Å²) < 4.78 is 17.5. The summed E-state index contributed by atoms with van der Waals surface area (Å²) in [5, 5.41) is 55.0. The Labute approximate surface area is 248 Å². The molecule has 0 radical (unpaired) electrons. The third kappa shape index (κ3) is 4.91. The Balaban J connectivity index is 1.65. The highest BCUT2D eigenvalue weighted by atomic mass is 16.7. The molecule has 0 aromatic heterocycles. The quantitative estimate of drug-likeness (QED) is 0.235. The van der Waals surface area contributed by atoms with Crippen molar-refractivity contribution in [3.63, 3.8) is 0 Å². The molecule has 0 spiro atoms. The molecule has 0 saturated carbocycles. The van der Waals surface area contributed by atoms with Gasteiger partial charge in [-0.1, -0.05) is 26.0 Å². The molecule has 5 rings (SSSR count). The van der Waals surface area contributed by atoms with Gasteiger partial charge in [0.05, 0.1) is 42.1 Å². The van der Waals surface area contributed by atoms with Gasteiger partial charge >= 0.3 is 0 Å². The van der Waals surface area contributed by atoms with E-state index in [4.69, 9.17) is 14.2 Å². The predicted molar refractivity (Wildman–Crippen MR) is 150 cm³/mol. The van der Waals surface area contributed by atoms with Gasteiger partial charge in [0.25, 0.3) is 0 Å². The van der Waals surface area contributed by atoms with Crippen LogP contribution < -0.4 is 4.74 Å². The van der Waals surface area contributed by atoms with E-state index in [1.54, 1.807) is 6.92 Å². The first-order chi connectivity index (χ1) is 20.4. The molecule has 12 nitrogen and oxygen atoms in total. The van der Waals surface area contributed by atoms with E-state index in [9.17, 15) is 39.9 Å². The first-order valence-corrected chi connectivity index (χ1v) is 14.4. The summed E-state index contributed by atoms with van der Waals surface area (Å²) in [5.74, 6) is -3.66. The van der Waals surface area contributed by atoms with Crippen molar-refractivity contribution in [1.82, 2.24) is 4.90 Å². The number of aromatic hydroxyl groups is 2. The van der Waals surface area contributed by atoms with E-state index in [-0.39, 0.29) is 40.5 Å². The second-order valence-corrected chi connectivity index (χ2v) is 11.3. The molecule has 0 amide bonds. The second-order valence-electron chi connectivity index (χ2n) is 11.3. The maximum absolute atomic E-state index is 13.8. The fourth-order valence-electron chi connectivity index (χ4n) is 6.75. The van der Waals surface area contributed by atoms with E-state index in [0.717, 1.165) is 0 Å². The summed E-state index contributed by atoms with van der Waals surface area (Å²) in [4.78, 5) is 42.3. The van der Waals surface area contributed by atoms with Crippen molar-refractivity contribution in [2.24, 2.45) is 0 Å². The van der Waals surface area contributed by atoms with E-state index in [0.29, 0.717) is 13.1 Å². The first kappa shape index (κ1) is 31.0. The number of methoxy groups -OCH3 is 1. The minimum absolute atomic E-state index is 0.0394. The number of nitrogens with zero attached hydrogens (tertiary/aromatic N) is 1. The molecule has 2 aromatic rings. The number of phenolic OH excluding ortho intramolecular Hbond substituents is 2. The zero-order chi connectivity index (χ0) is 31.4. The lowest BCUT2D eigenvalue weighted by Gasteiger charge is -2.45. The standard InChI is InChI=1S/C31H37NO11/c1-5-32(6-2)17-10-21(42-14(3)26(17)35)43-19-12-31(40,20(34)13-33)11-16-23(19)30(39)25-24(28(16)37)27(36)15-8-7-9-18(41-4)22(15)29(25)38/h7-9,14,17,19,21,26,33,35,37,39-40H,5-6,10-13H2,1-4H3. The average Bonchev–Trinajstić information content (AvgIpc) is 2.99. The van der Waals surface area contributed by atoms with E-state index >= 15 is 0 Å². The van der Waals surface area contributed by atoms with Gasteiger partial charge in [-0.3, -0.25) is 19.3 Å². The van der Waals surface area contributed by atoms with E-state index in [1.807, 2.05) is 13.8 Å². The van der Waals surface area contributed by atoms with Crippen molar-refractivity contribution < 1.29 is 54.1 Å². The molecule has 232 valence electrons. The zero-order valence-electron chi connectivity index (χ0n) is 24.5.